The van der Waals surface area contributed by atoms with Crippen molar-refractivity contribution in [3.8, 4) is 0 Å². The molecule has 1 fully saturated rings. The van der Waals surface area contributed by atoms with E-state index >= 15 is 0 Å². The van der Waals surface area contributed by atoms with Gasteiger partial charge in [0.15, 0.2) is 0 Å². The average Bonchev–Trinajstić information content (AvgIpc) is 2.48. The number of nitrogens with one attached hydrogen (secondary N) is 1. The number of likely N-dealkylation sites (tertiary alicyclic amines) is 1. The van der Waals surface area contributed by atoms with Crippen molar-refractivity contribution >= 4 is 12.0 Å². The van der Waals surface area contributed by atoms with Gasteiger partial charge in [-0.1, -0.05) is 30.3 Å². The number of carbonyl (C=O) groups is 2. The van der Waals surface area contributed by atoms with E-state index in [2.05, 4.69) is 5.32 Å². The second-order valence-corrected chi connectivity index (χ2v) is 5.13. The summed E-state index contributed by atoms with van der Waals surface area (Å²) in [7, 11) is 0. The van der Waals surface area contributed by atoms with Crippen LogP contribution in [0.25, 0.3) is 0 Å². The van der Waals surface area contributed by atoms with Crippen LogP contribution in [0.4, 0.5) is 4.79 Å². The Morgan fingerprint density at radius 2 is 2.00 bits per heavy atom. The maximum atomic E-state index is 12.2. The molecule has 1 aliphatic heterocycles. The highest BCUT2D eigenvalue weighted by Gasteiger charge is 2.32. The number of rotatable bonds is 3. The van der Waals surface area contributed by atoms with Crippen LogP contribution in [0.3, 0.4) is 0 Å². The van der Waals surface area contributed by atoms with Gasteiger partial charge in [-0.3, -0.25) is 0 Å². The van der Waals surface area contributed by atoms with Gasteiger partial charge in [-0.25, -0.2) is 9.59 Å². The summed E-state index contributed by atoms with van der Waals surface area (Å²) in [6.07, 6.45) is 2.24. The molecular weight excluding hydrogens is 256 g/mol. The molecular formula is C15H20N2O3. The second-order valence-electron chi connectivity index (χ2n) is 5.13. The molecule has 5 heteroatoms. The molecule has 20 heavy (non-hydrogen) atoms. The Labute approximate surface area is 118 Å². The van der Waals surface area contributed by atoms with Crippen LogP contribution in [0, 0.1) is 0 Å². The molecule has 0 spiro atoms. The summed E-state index contributed by atoms with van der Waals surface area (Å²) in [6, 6.07) is 8.49. The lowest BCUT2D eigenvalue weighted by Crippen LogP contribution is -2.52. The first-order chi connectivity index (χ1) is 9.59. The van der Waals surface area contributed by atoms with Crippen molar-refractivity contribution in [2.45, 2.75) is 38.3 Å². The summed E-state index contributed by atoms with van der Waals surface area (Å²) in [4.78, 5) is 24.9. The zero-order chi connectivity index (χ0) is 14.5. The second kappa shape index (κ2) is 6.41. The highest BCUT2D eigenvalue weighted by molar-refractivity contribution is 5.83. The quantitative estimate of drug-likeness (QED) is 0.890. The minimum Gasteiger partial charge on any atom is -0.480 e. The van der Waals surface area contributed by atoms with Gasteiger partial charge in [0, 0.05) is 6.54 Å². The van der Waals surface area contributed by atoms with Crippen molar-refractivity contribution in [3.63, 3.8) is 0 Å². The molecule has 108 valence electrons. The molecule has 2 amide bonds. The minimum atomic E-state index is -0.924. The molecule has 0 radical (unpaired) electrons. The van der Waals surface area contributed by atoms with E-state index in [4.69, 9.17) is 0 Å². The molecule has 2 N–H and O–H groups in total. The number of piperidine rings is 1. The summed E-state index contributed by atoms with van der Waals surface area (Å²) in [5, 5.41) is 12.1. The van der Waals surface area contributed by atoms with Crippen LogP contribution in [0.15, 0.2) is 30.3 Å². The molecule has 1 aliphatic rings. The number of benzene rings is 1. The van der Waals surface area contributed by atoms with Gasteiger partial charge < -0.3 is 15.3 Å². The number of hydrogen-bond donors (Lipinski definition) is 2. The number of aliphatic carboxylic acids is 1. The Hall–Kier alpha value is -2.04. The predicted octanol–water partition coefficient (Wildman–Crippen LogP) is 2.40. The molecule has 0 aliphatic carbocycles. The smallest absolute Gasteiger partial charge is 0.326 e. The molecule has 0 aromatic heterocycles. The van der Waals surface area contributed by atoms with Gasteiger partial charge in [-0.2, -0.15) is 0 Å². The van der Waals surface area contributed by atoms with Crippen molar-refractivity contribution in [1.29, 1.82) is 0 Å². The topological polar surface area (TPSA) is 69.6 Å². The van der Waals surface area contributed by atoms with Gasteiger partial charge >= 0.3 is 12.0 Å². The van der Waals surface area contributed by atoms with Crippen LogP contribution >= 0.6 is 0 Å². The Morgan fingerprint density at radius 3 is 2.65 bits per heavy atom. The summed E-state index contributed by atoms with van der Waals surface area (Å²) in [5.74, 6) is -0.924. The first kappa shape index (κ1) is 14.4. The highest BCUT2D eigenvalue weighted by atomic mass is 16.4. The van der Waals surface area contributed by atoms with E-state index in [1.807, 2.05) is 37.3 Å². The Kier molecular flexibility index (Phi) is 4.61. The van der Waals surface area contributed by atoms with E-state index in [-0.39, 0.29) is 12.1 Å². The molecule has 0 bridgehead atoms. The first-order valence-corrected chi connectivity index (χ1v) is 6.94. The van der Waals surface area contributed by atoms with Crippen LogP contribution in [0.1, 0.15) is 37.8 Å². The monoisotopic (exact) mass is 276 g/mol. The van der Waals surface area contributed by atoms with Crippen molar-refractivity contribution in [3.05, 3.63) is 35.9 Å². The number of carboxylic acid groups (broad SMARTS) is 1. The lowest BCUT2D eigenvalue weighted by Gasteiger charge is -2.33. The zero-order valence-electron chi connectivity index (χ0n) is 11.6. The third-order valence-electron chi connectivity index (χ3n) is 3.69. The Bertz CT molecular complexity index is 475. The van der Waals surface area contributed by atoms with Crippen molar-refractivity contribution in [2.75, 3.05) is 6.54 Å². The molecule has 2 rings (SSSR count). The molecule has 1 heterocycles. The Morgan fingerprint density at radius 1 is 1.30 bits per heavy atom. The van der Waals surface area contributed by atoms with Crippen molar-refractivity contribution in [1.82, 2.24) is 10.2 Å². The SMILES string of the molecule is CC(NC(=O)N1CCCCC1C(=O)O)c1ccccc1. The van der Waals surface area contributed by atoms with Gasteiger partial charge in [0.1, 0.15) is 6.04 Å². The van der Waals surface area contributed by atoms with Gasteiger partial charge in [-0.15, -0.1) is 0 Å². The zero-order valence-corrected chi connectivity index (χ0v) is 11.6. The largest absolute Gasteiger partial charge is 0.480 e. The predicted molar refractivity (Wildman–Crippen MR) is 75.4 cm³/mol. The van der Waals surface area contributed by atoms with Crippen molar-refractivity contribution in [2.24, 2.45) is 0 Å². The summed E-state index contributed by atoms with van der Waals surface area (Å²) < 4.78 is 0. The molecule has 1 aromatic carbocycles. The Balaban J connectivity index is 2.01. The van der Waals surface area contributed by atoms with E-state index in [0.29, 0.717) is 13.0 Å². The van der Waals surface area contributed by atoms with Gasteiger partial charge in [-0.05, 0) is 31.7 Å². The highest BCUT2D eigenvalue weighted by Crippen LogP contribution is 2.19. The minimum absolute atomic E-state index is 0.139. The normalized spacial score (nSPS) is 20.2. The van der Waals surface area contributed by atoms with Crippen LogP contribution < -0.4 is 5.32 Å². The fourth-order valence-corrected chi connectivity index (χ4v) is 2.52. The fraction of sp³-hybridized carbons (Fsp3) is 0.467. The van der Waals surface area contributed by atoms with Crippen LogP contribution in [0.5, 0.6) is 0 Å². The standard InChI is InChI=1S/C15H20N2O3/c1-11(12-7-3-2-4-8-12)16-15(20)17-10-6-5-9-13(17)14(18)19/h2-4,7-8,11,13H,5-6,9-10H2,1H3,(H,16,20)(H,18,19). The molecule has 1 aromatic rings. The summed E-state index contributed by atoms with van der Waals surface area (Å²) in [5.41, 5.74) is 1.00. The third-order valence-corrected chi connectivity index (χ3v) is 3.69. The lowest BCUT2D eigenvalue weighted by atomic mass is 10.0. The lowest BCUT2D eigenvalue weighted by molar-refractivity contribution is -0.143. The fourth-order valence-electron chi connectivity index (χ4n) is 2.52. The van der Waals surface area contributed by atoms with E-state index in [9.17, 15) is 14.7 Å². The number of amides is 2. The van der Waals surface area contributed by atoms with E-state index in [0.717, 1.165) is 18.4 Å². The van der Waals surface area contributed by atoms with E-state index in [1.165, 1.54) is 4.90 Å². The van der Waals surface area contributed by atoms with Crippen LogP contribution in [-0.4, -0.2) is 34.6 Å². The molecule has 5 nitrogen and oxygen atoms in total. The maximum absolute atomic E-state index is 12.2. The third kappa shape index (κ3) is 3.29. The number of nitrogens with zero attached hydrogens (tertiary/aromatic N) is 1. The number of carbonyl (C=O) groups excluding carboxylic acids is 1. The van der Waals surface area contributed by atoms with E-state index < -0.39 is 12.0 Å². The average molecular weight is 276 g/mol. The summed E-state index contributed by atoms with van der Waals surface area (Å²) in [6.45, 7) is 2.40. The number of urea groups is 1. The first-order valence-electron chi connectivity index (χ1n) is 6.94. The van der Waals surface area contributed by atoms with Crippen molar-refractivity contribution < 1.29 is 14.7 Å². The molecule has 2 atom stereocenters. The van der Waals surface area contributed by atoms with Gasteiger partial charge in [0.2, 0.25) is 0 Å². The van der Waals surface area contributed by atoms with Crippen LogP contribution in [-0.2, 0) is 4.79 Å². The molecule has 2 unspecified atom stereocenters. The molecule has 1 saturated heterocycles. The van der Waals surface area contributed by atoms with E-state index in [1.54, 1.807) is 0 Å². The number of carboxylic acids is 1. The molecule has 0 saturated carbocycles. The van der Waals surface area contributed by atoms with Gasteiger partial charge in [0.05, 0.1) is 6.04 Å². The van der Waals surface area contributed by atoms with Gasteiger partial charge in [0.25, 0.3) is 0 Å². The van der Waals surface area contributed by atoms with Crippen LogP contribution in [0.2, 0.25) is 0 Å². The maximum Gasteiger partial charge on any atom is 0.326 e. The summed E-state index contributed by atoms with van der Waals surface area (Å²) >= 11 is 0. The number of hydrogen-bond acceptors (Lipinski definition) is 2.